The zero-order valence-corrected chi connectivity index (χ0v) is 12.8. The molecule has 110 valence electrons. The molecule has 3 rings (SSSR count). The first-order chi connectivity index (χ1) is 9.70. The van der Waals surface area contributed by atoms with E-state index in [0.717, 1.165) is 25.2 Å². The Kier molecular flexibility index (Phi) is 4.16. The molecule has 0 heterocycles. The Morgan fingerprint density at radius 3 is 2.90 bits per heavy atom. The summed E-state index contributed by atoms with van der Waals surface area (Å²) in [6.07, 6.45) is 10.6. The summed E-state index contributed by atoms with van der Waals surface area (Å²) < 4.78 is 0. The molecule has 1 N–H and O–H groups in total. The van der Waals surface area contributed by atoms with Crippen molar-refractivity contribution in [3.05, 3.63) is 35.4 Å². The highest BCUT2D eigenvalue weighted by molar-refractivity contribution is 5.32. The minimum absolute atomic E-state index is 0.395. The lowest BCUT2D eigenvalue weighted by atomic mass is 9.69. The van der Waals surface area contributed by atoms with E-state index in [0.29, 0.717) is 5.92 Å². The molecule has 0 radical (unpaired) electrons. The number of benzene rings is 1. The van der Waals surface area contributed by atoms with Gasteiger partial charge in [0, 0.05) is 0 Å². The SMILES string of the molecule is CCC1CCCC(O)(CC2CCCc3ccccc32)C1. The summed E-state index contributed by atoms with van der Waals surface area (Å²) in [5.41, 5.74) is 2.65. The fraction of sp³-hybridized carbons (Fsp3) is 0.684. The molecule has 1 aromatic carbocycles. The Hall–Kier alpha value is -0.820. The van der Waals surface area contributed by atoms with E-state index in [1.807, 2.05) is 0 Å². The van der Waals surface area contributed by atoms with E-state index in [1.54, 1.807) is 0 Å². The Labute approximate surface area is 123 Å². The van der Waals surface area contributed by atoms with Crippen molar-refractivity contribution in [1.29, 1.82) is 0 Å². The standard InChI is InChI=1S/C19H28O/c1-2-15-7-6-12-19(20,13-15)14-17-10-5-9-16-8-3-4-11-18(16)17/h3-4,8,11,15,17,20H,2,5-7,9-10,12-14H2,1H3. The van der Waals surface area contributed by atoms with Crippen LogP contribution >= 0.6 is 0 Å². The van der Waals surface area contributed by atoms with Gasteiger partial charge in [0.25, 0.3) is 0 Å². The molecule has 0 saturated heterocycles. The zero-order chi connectivity index (χ0) is 14.0. The van der Waals surface area contributed by atoms with Crippen LogP contribution < -0.4 is 0 Å². The Morgan fingerprint density at radius 1 is 1.20 bits per heavy atom. The minimum atomic E-state index is -0.395. The molecule has 1 aromatic rings. The number of hydrogen-bond donors (Lipinski definition) is 1. The van der Waals surface area contributed by atoms with Crippen LogP contribution in [0.2, 0.25) is 0 Å². The van der Waals surface area contributed by atoms with Gasteiger partial charge < -0.3 is 5.11 Å². The van der Waals surface area contributed by atoms with Crippen molar-refractivity contribution in [2.24, 2.45) is 5.92 Å². The van der Waals surface area contributed by atoms with Crippen LogP contribution in [0.4, 0.5) is 0 Å². The predicted molar refractivity (Wildman–Crippen MR) is 83.9 cm³/mol. The quantitative estimate of drug-likeness (QED) is 0.835. The van der Waals surface area contributed by atoms with Crippen LogP contribution in [0.15, 0.2) is 24.3 Å². The van der Waals surface area contributed by atoms with Gasteiger partial charge in [-0.3, -0.25) is 0 Å². The first-order valence-corrected chi connectivity index (χ1v) is 8.50. The fourth-order valence-electron chi connectivity index (χ4n) is 4.52. The van der Waals surface area contributed by atoms with Gasteiger partial charge in [-0.05, 0) is 61.5 Å². The van der Waals surface area contributed by atoms with E-state index < -0.39 is 5.60 Å². The Balaban J connectivity index is 1.75. The molecular formula is C19H28O. The fourth-order valence-corrected chi connectivity index (χ4v) is 4.52. The molecule has 1 heteroatoms. The van der Waals surface area contributed by atoms with Gasteiger partial charge in [0.1, 0.15) is 0 Å². The summed E-state index contributed by atoms with van der Waals surface area (Å²) >= 11 is 0. The maximum absolute atomic E-state index is 11.1. The molecule has 1 saturated carbocycles. The smallest absolute Gasteiger partial charge is 0.0656 e. The topological polar surface area (TPSA) is 20.2 Å². The molecule has 0 aromatic heterocycles. The van der Waals surface area contributed by atoms with Crippen molar-refractivity contribution in [3.63, 3.8) is 0 Å². The predicted octanol–water partition coefficient (Wildman–Crippen LogP) is 4.83. The third kappa shape index (κ3) is 2.93. The maximum atomic E-state index is 11.1. The molecule has 3 unspecified atom stereocenters. The lowest BCUT2D eigenvalue weighted by Crippen LogP contribution is -2.37. The summed E-state index contributed by atoms with van der Waals surface area (Å²) in [6, 6.07) is 8.89. The van der Waals surface area contributed by atoms with Gasteiger partial charge in [0.15, 0.2) is 0 Å². The maximum Gasteiger partial charge on any atom is 0.0656 e. The minimum Gasteiger partial charge on any atom is -0.390 e. The van der Waals surface area contributed by atoms with Gasteiger partial charge in [0.05, 0.1) is 5.60 Å². The van der Waals surface area contributed by atoms with Crippen LogP contribution in [-0.4, -0.2) is 10.7 Å². The summed E-state index contributed by atoms with van der Waals surface area (Å²) in [4.78, 5) is 0. The highest BCUT2D eigenvalue weighted by atomic mass is 16.3. The normalized spacial score (nSPS) is 33.7. The van der Waals surface area contributed by atoms with Gasteiger partial charge in [-0.25, -0.2) is 0 Å². The highest BCUT2D eigenvalue weighted by Crippen LogP contribution is 2.43. The van der Waals surface area contributed by atoms with E-state index in [-0.39, 0.29) is 0 Å². The second-order valence-electron chi connectivity index (χ2n) is 7.09. The Morgan fingerprint density at radius 2 is 2.05 bits per heavy atom. The molecule has 2 aliphatic carbocycles. The molecule has 0 spiro atoms. The molecule has 1 nitrogen and oxygen atoms in total. The average molecular weight is 272 g/mol. The van der Waals surface area contributed by atoms with E-state index >= 15 is 0 Å². The van der Waals surface area contributed by atoms with E-state index in [9.17, 15) is 5.11 Å². The number of fused-ring (bicyclic) bond motifs is 1. The van der Waals surface area contributed by atoms with Crippen molar-refractivity contribution < 1.29 is 5.11 Å². The molecule has 2 aliphatic rings. The average Bonchev–Trinajstić information content (AvgIpc) is 2.47. The second-order valence-corrected chi connectivity index (χ2v) is 7.09. The number of aliphatic hydroxyl groups is 1. The molecular weight excluding hydrogens is 244 g/mol. The third-order valence-electron chi connectivity index (χ3n) is 5.62. The first kappa shape index (κ1) is 14.1. The summed E-state index contributed by atoms with van der Waals surface area (Å²) in [7, 11) is 0. The highest BCUT2D eigenvalue weighted by Gasteiger charge is 2.36. The van der Waals surface area contributed by atoms with Crippen molar-refractivity contribution in [2.75, 3.05) is 0 Å². The van der Waals surface area contributed by atoms with Gasteiger partial charge in [-0.15, -0.1) is 0 Å². The van der Waals surface area contributed by atoms with Crippen molar-refractivity contribution in [1.82, 2.24) is 0 Å². The summed E-state index contributed by atoms with van der Waals surface area (Å²) in [5.74, 6) is 1.33. The van der Waals surface area contributed by atoms with Crippen molar-refractivity contribution in [2.45, 2.75) is 76.2 Å². The van der Waals surface area contributed by atoms with Crippen LogP contribution in [-0.2, 0) is 6.42 Å². The van der Waals surface area contributed by atoms with Crippen molar-refractivity contribution >= 4 is 0 Å². The van der Waals surface area contributed by atoms with Gasteiger partial charge >= 0.3 is 0 Å². The number of aryl methyl sites for hydroxylation is 1. The van der Waals surface area contributed by atoms with Gasteiger partial charge in [-0.1, -0.05) is 50.5 Å². The van der Waals surface area contributed by atoms with Crippen LogP contribution in [0.5, 0.6) is 0 Å². The molecule has 3 atom stereocenters. The van der Waals surface area contributed by atoms with E-state index in [4.69, 9.17) is 0 Å². The van der Waals surface area contributed by atoms with Crippen molar-refractivity contribution in [3.8, 4) is 0 Å². The number of hydrogen-bond acceptors (Lipinski definition) is 1. The molecule has 20 heavy (non-hydrogen) atoms. The second kappa shape index (κ2) is 5.89. The molecule has 1 fully saturated rings. The molecule has 0 aliphatic heterocycles. The van der Waals surface area contributed by atoms with E-state index in [2.05, 4.69) is 31.2 Å². The molecule has 0 bridgehead atoms. The van der Waals surface area contributed by atoms with Gasteiger partial charge in [0.2, 0.25) is 0 Å². The van der Waals surface area contributed by atoms with Crippen LogP contribution in [0, 0.1) is 5.92 Å². The Bertz CT molecular complexity index is 453. The van der Waals surface area contributed by atoms with E-state index in [1.165, 1.54) is 49.7 Å². The van der Waals surface area contributed by atoms with Crippen LogP contribution in [0.1, 0.15) is 75.3 Å². The van der Waals surface area contributed by atoms with Crippen LogP contribution in [0.3, 0.4) is 0 Å². The monoisotopic (exact) mass is 272 g/mol. The van der Waals surface area contributed by atoms with Gasteiger partial charge in [-0.2, -0.15) is 0 Å². The third-order valence-corrected chi connectivity index (χ3v) is 5.62. The lowest BCUT2D eigenvalue weighted by Gasteiger charge is -2.40. The first-order valence-electron chi connectivity index (χ1n) is 8.50. The molecule has 0 amide bonds. The number of rotatable bonds is 3. The zero-order valence-electron chi connectivity index (χ0n) is 12.8. The lowest BCUT2D eigenvalue weighted by molar-refractivity contribution is -0.0302. The van der Waals surface area contributed by atoms with Crippen LogP contribution in [0.25, 0.3) is 0 Å². The largest absolute Gasteiger partial charge is 0.390 e. The summed E-state index contributed by atoms with van der Waals surface area (Å²) in [6.45, 7) is 2.27. The summed E-state index contributed by atoms with van der Waals surface area (Å²) in [5, 5.41) is 11.1.